The molecule has 0 saturated heterocycles. The molecule has 1 radical (unpaired) electrons. The molecule has 3 rings (SSSR count). The van der Waals surface area contributed by atoms with Crippen molar-refractivity contribution < 1.29 is 24.3 Å². The zero-order valence-corrected chi connectivity index (χ0v) is 10.8. The summed E-state index contributed by atoms with van der Waals surface area (Å²) in [5, 5.41) is 0. The number of nitrogens with zero attached hydrogens (tertiary/aromatic N) is 1. The molecule has 0 saturated carbocycles. The van der Waals surface area contributed by atoms with Crippen molar-refractivity contribution in [1.82, 2.24) is 4.98 Å². The summed E-state index contributed by atoms with van der Waals surface area (Å²) in [5.74, 6) is 0. The number of hydrogen-bond donors (Lipinski definition) is 0. The van der Waals surface area contributed by atoms with Crippen LogP contribution in [0, 0.1) is 6.07 Å². The second-order valence-electron chi connectivity index (χ2n) is 3.03. The molecule has 1 atom stereocenters. The van der Waals surface area contributed by atoms with Gasteiger partial charge in [-0.25, -0.2) is 0 Å². The average Bonchev–Trinajstić information content (AvgIpc) is 2.55. The maximum absolute atomic E-state index is 11.9. The summed E-state index contributed by atoms with van der Waals surface area (Å²) in [7, 11) is -1.07. The summed E-state index contributed by atoms with van der Waals surface area (Å²) in [5.41, 5.74) is 1.68. The summed E-state index contributed by atoms with van der Waals surface area (Å²) in [6.07, 6.45) is 1.71. The van der Waals surface area contributed by atoms with Gasteiger partial charge in [-0.3, -0.25) is 4.21 Å². The summed E-state index contributed by atoms with van der Waals surface area (Å²) in [6.45, 7) is 0. The van der Waals surface area contributed by atoms with E-state index in [1.807, 2.05) is 30.3 Å². The molecule has 1 aromatic carbocycles. The van der Waals surface area contributed by atoms with E-state index in [2.05, 4.69) is 11.1 Å². The molecule has 77 valence electrons. The van der Waals surface area contributed by atoms with Crippen LogP contribution < -0.4 is 0 Å². The van der Waals surface area contributed by atoms with Gasteiger partial charge in [0.15, 0.2) is 0 Å². The molecule has 2 nitrogen and oxygen atoms in total. The zero-order chi connectivity index (χ0) is 9.54. The van der Waals surface area contributed by atoms with Gasteiger partial charge in [0.2, 0.25) is 0 Å². The average molecular weight is 392 g/mol. The van der Waals surface area contributed by atoms with Gasteiger partial charge in [-0.05, 0) is 11.0 Å². The van der Waals surface area contributed by atoms with Crippen molar-refractivity contribution in [1.29, 1.82) is 0 Å². The number of hydrogen-bond acceptors (Lipinski definition) is 2. The van der Waals surface area contributed by atoms with Crippen LogP contribution in [0.3, 0.4) is 0 Å². The van der Waals surface area contributed by atoms with E-state index < -0.39 is 10.8 Å². The van der Waals surface area contributed by atoms with Crippen LogP contribution >= 0.6 is 0 Å². The smallest absolute Gasteiger partial charge is 0.0348 e. The van der Waals surface area contributed by atoms with Gasteiger partial charge in [0.05, 0.1) is 0 Å². The van der Waals surface area contributed by atoms with E-state index in [1.165, 1.54) is 0 Å². The SMILES string of the molecule is O=S1c2ccc[c-]c2-c2ncccc21.[Ir]. The predicted molar refractivity (Wildman–Crippen MR) is 53.2 cm³/mol. The van der Waals surface area contributed by atoms with Crippen molar-refractivity contribution in [2.75, 3.05) is 0 Å². The molecule has 2 heterocycles. The Kier molecular flexibility index (Phi) is 2.83. The molecule has 0 fully saturated rings. The Labute approximate surface area is 104 Å². The van der Waals surface area contributed by atoms with Crippen LogP contribution in [-0.2, 0) is 30.9 Å². The second kappa shape index (κ2) is 3.97. The van der Waals surface area contributed by atoms with Crippen LogP contribution in [-0.4, -0.2) is 9.19 Å². The fraction of sp³-hybridized carbons (Fsp3) is 0. The quantitative estimate of drug-likeness (QED) is 0.548. The topological polar surface area (TPSA) is 30.0 Å². The number of rotatable bonds is 0. The number of benzene rings is 1. The maximum Gasteiger partial charge on any atom is 0.0348 e. The van der Waals surface area contributed by atoms with Crippen LogP contribution in [0.1, 0.15) is 0 Å². The Morgan fingerprint density at radius 2 is 2.00 bits per heavy atom. The van der Waals surface area contributed by atoms with E-state index in [-0.39, 0.29) is 20.1 Å². The van der Waals surface area contributed by atoms with Gasteiger partial charge >= 0.3 is 0 Å². The minimum Gasteiger partial charge on any atom is -0.303 e. The fourth-order valence-electron chi connectivity index (χ4n) is 1.61. The molecule has 0 spiro atoms. The zero-order valence-electron chi connectivity index (χ0n) is 7.56. The minimum atomic E-state index is -1.07. The van der Waals surface area contributed by atoms with Crippen LogP contribution in [0.4, 0.5) is 0 Å². The maximum atomic E-state index is 11.9. The van der Waals surface area contributed by atoms with Crippen molar-refractivity contribution in [3.63, 3.8) is 0 Å². The van der Waals surface area contributed by atoms with Crippen LogP contribution in [0.5, 0.6) is 0 Å². The first kappa shape index (κ1) is 10.7. The normalized spacial score (nSPS) is 16.4. The van der Waals surface area contributed by atoms with E-state index in [0.717, 1.165) is 21.0 Å². The Morgan fingerprint density at radius 3 is 2.87 bits per heavy atom. The first-order valence-corrected chi connectivity index (χ1v) is 5.41. The summed E-state index contributed by atoms with van der Waals surface area (Å²) in [6, 6.07) is 12.3. The first-order chi connectivity index (χ1) is 6.88. The van der Waals surface area contributed by atoms with Crippen molar-refractivity contribution in [2.45, 2.75) is 9.79 Å². The third-order valence-electron chi connectivity index (χ3n) is 2.22. The third kappa shape index (κ3) is 1.49. The van der Waals surface area contributed by atoms with Crippen molar-refractivity contribution in [2.24, 2.45) is 0 Å². The Morgan fingerprint density at radius 1 is 1.20 bits per heavy atom. The van der Waals surface area contributed by atoms with Crippen LogP contribution in [0.2, 0.25) is 0 Å². The molecule has 0 N–H and O–H groups in total. The summed E-state index contributed by atoms with van der Waals surface area (Å²) < 4.78 is 11.9. The van der Waals surface area contributed by atoms with E-state index >= 15 is 0 Å². The molecule has 1 unspecified atom stereocenters. The van der Waals surface area contributed by atoms with E-state index in [9.17, 15) is 4.21 Å². The third-order valence-corrected chi connectivity index (χ3v) is 3.69. The molecular formula is C11H6IrNOS-. The Bertz CT molecular complexity index is 494. The molecule has 1 aliphatic heterocycles. The molecule has 0 aliphatic carbocycles. The molecule has 15 heavy (non-hydrogen) atoms. The fourth-order valence-corrected chi connectivity index (χ4v) is 2.92. The van der Waals surface area contributed by atoms with Crippen LogP contribution in [0.25, 0.3) is 11.3 Å². The summed E-state index contributed by atoms with van der Waals surface area (Å²) >= 11 is 0. The second-order valence-corrected chi connectivity index (χ2v) is 4.45. The molecule has 0 amide bonds. The Balaban J connectivity index is 0.000000853. The van der Waals surface area contributed by atoms with Gasteiger partial charge < -0.3 is 4.98 Å². The van der Waals surface area contributed by atoms with Crippen molar-refractivity contribution in [3.05, 3.63) is 42.6 Å². The molecular weight excluding hydrogens is 386 g/mol. The number of pyridine rings is 1. The standard InChI is InChI=1S/C11H6NOS.Ir/c13-14-9-5-2-1-4-8(9)11-10(14)6-3-7-12-11;/h1-3,5-7H;/q-1;. The molecule has 1 aliphatic rings. The van der Waals surface area contributed by atoms with Gasteiger partial charge in [-0.2, -0.15) is 0 Å². The van der Waals surface area contributed by atoms with Crippen LogP contribution in [0.15, 0.2) is 46.3 Å². The van der Waals surface area contributed by atoms with Gasteiger partial charge in [0, 0.05) is 47.7 Å². The summed E-state index contributed by atoms with van der Waals surface area (Å²) in [4.78, 5) is 5.84. The monoisotopic (exact) mass is 393 g/mol. The minimum absolute atomic E-state index is 0. The molecule has 4 heteroatoms. The van der Waals surface area contributed by atoms with Gasteiger partial charge in [0.1, 0.15) is 0 Å². The van der Waals surface area contributed by atoms with Gasteiger partial charge in [-0.15, -0.1) is 29.8 Å². The predicted octanol–water partition coefficient (Wildman–Crippen LogP) is 2.03. The Hall–Kier alpha value is -0.831. The molecule has 0 bridgehead atoms. The van der Waals surface area contributed by atoms with Gasteiger partial charge in [-0.1, -0.05) is 6.07 Å². The number of aromatic nitrogens is 1. The van der Waals surface area contributed by atoms with E-state index in [0.29, 0.717) is 0 Å². The largest absolute Gasteiger partial charge is 0.303 e. The number of fused-ring (bicyclic) bond motifs is 3. The molecule has 2 aromatic rings. The van der Waals surface area contributed by atoms with Gasteiger partial charge in [0.25, 0.3) is 0 Å². The van der Waals surface area contributed by atoms with Crippen molar-refractivity contribution >= 4 is 10.8 Å². The molecule has 1 aromatic heterocycles. The van der Waals surface area contributed by atoms with Crippen molar-refractivity contribution in [3.8, 4) is 11.3 Å². The van der Waals surface area contributed by atoms with E-state index in [4.69, 9.17) is 0 Å². The van der Waals surface area contributed by atoms with E-state index in [1.54, 1.807) is 6.20 Å². The first-order valence-electron chi connectivity index (χ1n) is 4.26.